The molecule has 126 valence electrons. The Kier molecular flexibility index (Phi) is 4.53. The van der Waals surface area contributed by atoms with E-state index in [4.69, 9.17) is 4.74 Å². The molecule has 2 saturated heterocycles. The molecule has 23 heavy (non-hydrogen) atoms. The van der Waals surface area contributed by atoms with Crippen molar-refractivity contribution in [1.29, 1.82) is 0 Å². The predicted molar refractivity (Wildman–Crippen MR) is 88.3 cm³/mol. The fourth-order valence-electron chi connectivity index (χ4n) is 3.46. The van der Waals surface area contributed by atoms with E-state index in [2.05, 4.69) is 14.9 Å². The van der Waals surface area contributed by atoms with E-state index in [0.29, 0.717) is 13.2 Å². The van der Waals surface area contributed by atoms with Crippen LogP contribution in [-0.2, 0) is 9.53 Å². The standard InChI is InChI=1S/C17H26N4O2/c1-13(2)15(22)20-6-4-5-17(11-20)12-21(7-8-23-17)16-18-9-14(3)10-19-16/h9-10,13H,4-8,11-12H2,1-3H3/t17-/m1/s1. The van der Waals surface area contributed by atoms with Crippen molar-refractivity contribution < 1.29 is 9.53 Å². The van der Waals surface area contributed by atoms with Gasteiger partial charge in [-0.1, -0.05) is 13.8 Å². The highest BCUT2D eigenvalue weighted by Gasteiger charge is 2.42. The minimum atomic E-state index is -0.282. The van der Waals surface area contributed by atoms with E-state index in [1.165, 1.54) is 0 Å². The van der Waals surface area contributed by atoms with Crippen LogP contribution in [0, 0.1) is 12.8 Å². The van der Waals surface area contributed by atoms with Crippen molar-refractivity contribution in [2.75, 3.05) is 37.7 Å². The van der Waals surface area contributed by atoms with Crippen LogP contribution in [0.2, 0.25) is 0 Å². The second kappa shape index (κ2) is 6.43. The summed E-state index contributed by atoms with van der Waals surface area (Å²) in [6.07, 6.45) is 5.66. The molecule has 6 nitrogen and oxygen atoms in total. The molecule has 0 unspecified atom stereocenters. The quantitative estimate of drug-likeness (QED) is 0.830. The van der Waals surface area contributed by atoms with Crippen LogP contribution in [0.3, 0.4) is 0 Å². The molecular weight excluding hydrogens is 292 g/mol. The normalized spacial score (nSPS) is 25.2. The molecule has 0 saturated carbocycles. The average Bonchev–Trinajstić information content (AvgIpc) is 2.55. The van der Waals surface area contributed by atoms with Crippen LogP contribution in [0.1, 0.15) is 32.3 Å². The van der Waals surface area contributed by atoms with Crippen LogP contribution in [0.4, 0.5) is 5.95 Å². The van der Waals surface area contributed by atoms with Gasteiger partial charge in [0.1, 0.15) is 5.60 Å². The Hall–Kier alpha value is -1.69. The van der Waals surface area contributed by atoms with E-state index in [9.17, 15) is 4.79 Å². The number of likely N-dealkylation sites (tertiary alicyclic amines) is 1. The highest BCUT2D eigenvalue weighted by atomic mass is 16.5. The molecule has 0 radical (unpaired) electrons. The second-order valence-electron chi connectivity index (χ2n) is 7.03. The van der Waals surface area contributed by atoms with Crippen LogP contribution >= 0.6 is 0 Å². The summed E-state index contributed by atoms with van der Waals surface area (Å²) in [6, 6.07) is 0. The summed E-state index contributed by atoms with van der Waals surface area (Å²) in [6.45, 7) is 9.61. The van der Waals surface area contributed by atoms with Crippen molar-refractivity contribution in [3.8, 4) is 0 Å². The molecule has 6 heteroatoms. The van der Waals surface area contributed by atoms with E-state index >= 15 is 0 Å². The van der Waals surface area contributed by atoms with Crippen LogP contribution < -0.4 is 4.90 Å². The first-order chi connectivity index (χ1) is 11.0. The number of rotatable bonds is 2. The monoisotopic (exact) mass is 318 g/mol. The molecule has 2 aliphatic heterocycles. The Morgan fingerprint density at radius 2 is 2.00 bits per heavy atom. The van der Waals surface area contributed by atoms with Crippen molar-refractivity contribution in [2.24, 2.45) is 5.92 Å². The lowest BCUT2D eigenvalue weighted by Crippen LogP contribution is -2.61. The van der Waals surface area contributed by atoms with Crippen molar-refractivity contribution in [2.45, 2.75) is 39.2 Å². The maximum atomic E-state index is 12.3. The van der Waals surface area contributed by atoms with Gasteiger partial charge >= 0.3 is 0 Å². The van der Waals surface area contributed by atoms with E-state index in [-0.39, 0.29) is 17.4 Å². The van der Waals surface area contributed by atoms with Gasteiger partial charge in [0, 0.05) is 31.4 Å². The third kappa shape index (κ3) is 3.47. The molecule has 0 bridgehead atoms. The van der Waals surface area contributed by atoms with Gasteiger partial charge in [0.25, 0.3) is 0 Å². The Balaban J connectivity index is 1.73. The fraction of sp³-hybridized carbons (Fsp3) is 0.706. The lowest BCUT2D eigenvalue weighted by molar-refractivity contribution is -0.147. The number of anilines is 1. The number of piperidine rings is 1. The maximum absolute atomic E-state index is 12.3. The van der Waals surface area contributed by atoms with Gasteiger partial charge in [0.05, 0.1) is 19.7 Å². The molecule has 2 fully saturated rings. The van der Waals surface area contributed by atoms with Crippen molar-refractivity contribution >= 4 is 11.9 Å². The zero-order valence-corrected chi connectivity index (χ0v) is 14.3. The third-order valence-corrected chi connectivity index (χ3v) is 4.64. The summed E-state index contributed by atoms with van der Waals surface area (Å²) in [5, 5.41) is 0. The predicted octanol–water partition coefficient (Wildman–Crippen LogP) is 1.64. The van der Waals surface area contributed by atoms with E-state index < -0.39 is 0 Å². The van der Waals surface area contributed by atoms with Crippen molar-refractivity contribution in [3.63, 3.8) is 0 Å². The topological polar surface area (TPSA) is 58.6 Å². The number of morpholine rings is 1. The molecule has 1 amide bonds. The van der Waals surface area contributed by atoms with Gasteiger partial charge in [-0.25, -0.2) is 9.97 Å². The van der Waals surface area contributed by atoms with E-state index in [1.807, 2.05) is 38.1 Å². The Bertz CT molecular complexity index is 556. The minimum Gasteiger partial charge on any atom is -0.369 e. The summed E-state index contributed by atoms with van der Waals surface area (Å²) in [7, 11) is 0. The fourth-order valence-corrected chi connectivity index (χ4v) is 3.46. The van der Waals surface area contributed by atoms with E-state index in [1.54, 1.807) is 0 Å². The highest BCUT2D eigenvalue weighted by molar-refractivity contribution is 5.78. The Morgan fingerprint density at radius 3 is 2.70 bits per heavy atom. The van der Waals surface area contributed by atoms with E-state index in [0.717, 1.165) is 44.0 Å². The van der Waals surface area contributed by atoms with Gasteiger partial charge in [0.15, 0.2) is 0 Å². The number of amides is 1. The number of aryl methyl sites for hydroxylation is 1. The first-order valence-corrected chi connectivity index (χ1v) is 8.45. The molecule has 1 aromatic heterocycles. The SMILES string of the molecule is Cc1cnc(N2CCO[C@@]3(CCCN(C(=O)C(C)C)C3)C2)nc1. The lowest BCUT2D eigenvalue weighted by Gasteiger charge is -2.48. The molecule has 0 aliphatic carbocycles. The van der Waals surface area contributed by atoms with Gasteiger partial charge < -0.3 is 14.5 Å². The lowest BCUT2D eigenvalue weighted by atomic mass is 9.90. The third-order valence-electron chi connectivity index (χ3n) is 4.64. The van der Waals surface area contributed by atoms with Gasteiger partial charge in [-0.3, -0.25) is 4.79 Å². The molecule has 0 aromatic carbocycles. The van der Waals surface area contributed by atoms with Gasteiger partial charge in [-0.15, -0.1) is 0 Å². The first-order valence-electron chi connectivity index (χ1n) is 8.45. The Labute approximate surface area is 137 Å². The number of hydrogen-bond donors (Lipinski definition) is 0. The zero-order valence-electron chi connectivity index (χ0n) is 14.3. The van der Waals surface area contributed by atoms with Crippen LogP contribution in [-0.4, -0.2) is 59.2 Å². The number of ether oxygens (including phenoxy) is 1. The number of carbonyl (C=O) groups excluding carboxylic acids is 1. The van der Waals surface area contributed by atoms with Gasteiger partial charge in [-0.05, 0) is 25.3 Å². The largest absolute Gasteiger partial charge is 0.369 e. The van der Waals surface area contributed by atoms with Gasteiger partial charge in [0.2, 0.25) is 11.9 Å². The van der Waals surface area contributed by atoms with Crippen molar-refractivity contribution in [1.82, 2.24) is 14.9 Å². The molecule has 1 aromatic rings. The number of nitrogens with zero attached hydrogens (tertiary/aromatic N) is 4. The summed E-state index contributed by atoms with van der Waals surface area (Å²) in [5.74, 6) is 1.01. The maximum Gasteiger partial charge on any atom is 0.225 e. The average molecular weight is 318 g/mol. The Morgan fingerprint density at radius 1 is 1.26 bits per heavy atom. The molecular formula is C17H26N4O2. The first kappa shape index (κ1) is 16.2. The highest BCUT2D eigenvalue weighted by Crippen LogP contribution is 2.30. The summed E-state index contributed by atoms with van der Waals surface area (Å²) in [4.78, 5) is 25.4. The van der Waals surface area contributed by atoms with Crippen molar-refractivity contribution in [3.05, 3.63) is 18.0 Å². The molecule has 3 heterocycles. The molecule has 1 spiro atoms. The second-order valence-corrected chi connectivity index (χ2v) is 7.03. The molecule has 1 atom stereocenters. The van der Waals surface area contributed by atoms with Gasteiger partial charge in [-0.2, -0.15) is 0 Å². The number of carbonyl (C=O) groups is 1. The summed E-state index contributed by atoms with van der Waals surface area (Å²) < 4.78 is 6.15. The van der Waals surface area contributed by atoms with Crippen LogP contribution in [0.25, 0.3) is 0 Å². The molecule has 0 N–H and O–H groups in total. The minimum absolute atomic E-state index is 0.0327. The smallest absolute Gasteiger partial charge is 0.225 e. The number of aromatic nitrogens is 2. The summed E-state index contributed by atoms with van der Waals surface area (Å²) in [5.41, 5.74) is 0.776. The molecule has 3 rings (SSSR count). The molecule has 2 aliphatic rings. The van der Waals surface area contributed by atoms with Crippen LogP contribution in [0.5, 0.6) is 0 Å². The summed E-state index contributed by atoms with van der Waals surface area (Å²) >= 11 is 0. The number of hydrogen-bond acceptors (Lipinski definition) is 5. The zero-order chi connectivity index (χ0) is 16.4. The van der Waals surface area contributed by atoms with Crippen LogP contribution in [0.15, 0.2) is 12.4 Å².